The molecule has 1 aliphatic rings. The molecule has 20 heavy (non-hydrogen) atoms. The minimum atomic E-state index is -1.18. The van der Waals surface area contributed by atoms with Crippen molar-refractivity contribution in [3.05, 3.63) is 24.3 Å². The first-order valence-electron chi connectivity index (χ1n) is 6.24. The summed E-state index contributed by atoms with van der Waals surface area (Å²) in [6.07, 6.45) is -5.16. The number of aliphatic hydroxyl groups excluding tert-OH is 3. The van der Waals surface area contributed by atoms with Gasteiger partial charge >= 0.3 is 0 Å². The molecule has 1 aromatic carbocycles. The third-order valence-electron chi connectivity index (χ3n) is 3.23. The molecular formula is C13H19NO6. The molecule has 1 aliphatic heterocycles. The van der Waals surface area contributed by atoms with E-state index in [4.69, 9.17) is 19.9 Å². The quantitative estimate of drug-likeness (QED) is 0.530. The lowest BCUT2D eigenvalue weighted by molar-refractivity contribution is -0.281. The Morgan fingerprint density at radius 1 is 1.20 bits per heavy atom. The van der Waals surface area contributed by atoms with E-state index in [1.165, 1.54) is 7.11 Å². The van der Waals surface area contributed by atoms with E-state index in [1.807, 2.05) is 0 Å². The van der Waals surface area contributed by atoms with E-state index in [9.17, 15) is 15.3 Å². The summed E-state index contributed by atoms with van der Waals surface area (Å²) < 4.78 is 15.9. The number of nitrogen functional groups attached to an aromatic ring is 1. The van der Waals surface area contributed by atoms with Gasteiger partial charge in [-0.05, 0) is 24.3 Å². The van der Waals surface area contributed by atoms with Crippen LogP contribution in [0.25, 0.3) is 0 Å². The Hall–Kier alpha value is -1.38. The lowest BCUT2D eigenvalue weighted by atomic mass is 9.99. The van der Waals surface area contributed by atoms with Gasteiger partial charge in [0.2, 0.25) is 6.29 Å². The van der Waals surface area contributed by atoms with E-state index in [2.05, 4.69) is 0 Å². The maximum absolute atomic E-state index is 10.1. The Labute approximate surface area is 116 Å². The predicted octanol–water partition coefficient (Wildman–Crippen LogP) is -0.898. The van der Waals surface area contributed by atoms with Gasteiger partial charge in [-0.1, -0.05) is 0 Å². The van der Waals surface area contributed by atoms with Crippen LogP contribution >= 0.6 is 0 Å². The lowest BCUT2D eigenvalue weighted by Crippen LogP contribution is -2.60. The van der Waals surface area contributed by atoms with Gasteiger partial charge in [0.1, 0.15) is 30.2 Å². The van der Waals surface area contributed by atoms with Crippen LogP contribution in [0, 0.1) is 0 Å². The number of rotatable bonds is 4. The van der Waals surface area contributed by atoms with Crippen molar-refractivity contribution in [1.29, 1.82) is 0 Å². The Morgan fingerprint density at radius 3 is 2.40 bits per heavy atom. The van der Waals surface area contributed by atoms with Gasteiger partial charge in [0.25, 0.3) is 0 Å². The van der Waals surface area contributed by atoms with Crippen molar-refractivity contribution in [3.8, 4) is 5.75 Å². The van der Waals surface area contributed by atoms with Crippen LogP contribution in [0.15, 0.2) is 24.3 Å². The normalized spacial score (nSPS) is 33.9. The Kier molecular flexibility index (Phi) is 4.79. The fourth-order valence-electron chi connectivity index (χ4n) is 2.11. The number of methoxy groups -OCH3 is 1. The van der Waals surface area contributed by atoms with Crippen LogP contribution in [-0.2, 0) is 9.47 Å². The van der Waals surface area contributed by atoms with Gasteiger partial charge < -0.3 is 35.3 Å². The van der Waals surface area contributed by atoms with Crippen molar-refractivity contribution in [2.75, 3.05) is 19.5 Å². The monoisotopic (exact) mass is 285 g/mol. The summed E-state index contributed by atoms with van der Waals surface area (Å²) in [5.74, 6) is 0.450. The number of anilines is 1. The molecule has 7 heteroatoms. The molecule has 1 aromatic rings. The van der Waals surface area contributed by atoms with Crippen LogP contribution in [0.1, 0.15) is 0 Å². The van der Waals surface area contributed by atoms with Crippen molar-refractivity contribution in [2.24, 2.45) is 0 Å². The smallest absolute Gasteiger partial charge is 0.229 e. The van der Waals surface area contributed by atoms with Crippen molar-refractivity contribution in [2.45, 2.75) is 30.7 Å². The average Bonchev–Trinajstić information content (AvgIpc) is 2.45. The largest absolute Gasteiger partial charge is 0.462 e. The summed E-state index contributed by atoms with van der Waals surface area (Å²) in [6, 6.07) is 6.56. The van der Waals surface area contributed by atoms with E-state index in [-0.39, 0.29) is 0 Å². The van der Waals surface area contributed by atoms with Crippen molar-refractivity contribution >= 4 is 5.69 Å². The van der Waals surface area contributed by atoms with Crippen molar-refractivity contribution in [3.63, 3.8) is 0 Å². The van der Waals surface area contributed by atoms with E-state index >= 15 is 0 Å². The second-order valence-corrected chi connectivity index (χ2v) is 4.59. The molecule has 1 fully saturated rings. The molecule has 0 amide bonds. The molecule has 0 bridgehead atoms. The third kappa shape index (κ3) is 3.02. The number of nitrogens with two attached hydrogens (primary N) is 1. The molecule has 0 spiro atoms. The molecule has 5 atom stereocenters. The highest BCUT2D eigenvalue weighted by molar-refractivity contribution is 5.41. The van der Waals surface area contributed by atoms with Gasteiger partial charge in [0, 0.05) is 12.8 Å². The highest BCUT2D eigenvalue weighted by Gasteiger charge is 2.45. The molecular weight excluding hydrogens is 266 g/mol. The number of aliphatic hydroxyl groups is 3. The first-order chi connectivity index (χ1) is 9.56. The standard InChI is InChI=1S/C13H19NO6/c1-18-12-10(16)9(6-15)20-13(11(12)17)19-8-4-2-7(14)3-5-8/h2-5,9-13,15-17H,6,14H2,1H3/t9-,10+,11-,12+,13-/m1/s1. The van der Waals surface area contributed by atoms with Crippen LogP contribution in [0.5, 0.6) is 5.75 Å². The fraction of sp³-hybridized carbons (Fsp3) is 0.538. The molecule has 2 rings (SSSR count). The van der Waals surface area contributed by atoms with Gasteiger partial charge in [-0.3, -0.25) is 0 Å². The van der Waals surface area contributed by atoms with Crippen LogP contribution in [0.4, 0.5) is 5.69 Å². The van der Waals surface area contributed by atoms with Crippen LogP contribution in [-0.4, -0.2) is 59.7 Å². The van der Waals surface area contributed by atoms with Gasteiger partial charge in [0.15, 0.2) is 0 Å². The number of hydrogen-bond donors (Lipinski definition) is 4. The molecule has 1 saturated heterocycles. The van der Waals surface area contributed by atoms with Gasteiger partial charge in [-0.2, -0.15) is 0 Å². The molecule has 0 saturated carbocycles. The molecule has 0 aromatic heterocycles. The van der Waals surface area contributed by atoms with E-state index in [1.54, 1.807) is 24.3 Å². The van der Waals surface area contributed by atoms with E-state index in [0.717, 1.165) is 0 Å². The fourth-order valence-corrected chi connectivity index (χ4v) is 2.11. The average molecular weight is 285 g/mol. The first kappa shape index (κ1) is 15.0. The second kappa shape index (κ2) is 6.38. The molecule has 0 aliphatic carbocycles. The zero-order chi connectivity index (χ0) is 14.7. The number of ether oxygens (including phenoxy) is 3. The SMILES string of the molecule is CO[C@H]1[C@@H](O)[C@@H](CO)O[C@@H](Oc2ccc(N)cc2)[C@@H]1O. The van der Waals surface area contributed by atoms with Gasteiger partial charge in [0.05, 0.1) is 6.61 Å². The van der Waals surface area contributed by atoms with Crippen molar-refractivity contribution in [1.82, 2.24) is 0 Å². The zero-order valence-corrected chi connectivity index (χ0v) is 11.0. The zero-order valence-electron chi connectivity index (χ0n) is 11.0. The highest BCUT2D eigenvalue weighted by atomic mass is 16.7. The summed E-state index contributed by atoms with van der Waals surface area (Å²) in [4.78, 5) is 0. The first-order valence-corrected chi connectivity index (χ1v) is 6.24. The summed E-state index contributed by atoms with van der Waals surface area (Å²) in [7, 11) is 1.36. The van der Waals surface area contributed by atoms with Gasteiger partial charge in [-0.25, -0.2) is 0 Å². The van der Waals surface area contributed by atoms with Crippen LogP contribution in [0.2, 0.25) is 0 Å². The van der Waals surface area contributed by atoms with Crippen molar-refractivity contribution < 1.29 is 29.5 Å². The van der Waals surface area contributed by atoms with E-state index in [0.29, 0.717) is 11.4 Å². The predicted molar refractivity (Wildman–Crippen MR) is 70.0 cm³/mol. The minimum Gasteiger partial charge on any atom is -0.462 e. The van der Waals surface area contributed by atoms with Gasteiger partial charge in [-0.15, -0.1) is 0 Å². The Morgan fingerprint density at radius 2 is 1.85 bits per heavy atom. The van der Waals surface area contributed by atoms with Crippen LogP contribution < -0.4 is 10.5 Å². The molecule has 1 heterocycles. The summed E-state index contributed by atoms with van der Waals surface area (Å²) in [6.45, 7) is -0.407. The van der Waals surface area contributed by atoms with Crippen LogP contribution in [0.3, 0.4) is 0 Å². The second-order valence-electron chi connectivity index (χ2n) is 4.59. The third-order valence-corrected chi connectivity index (χ3v) is 3.23. The Bertz CT molecular complexity index is 425. The maximum Gasteiger partial charge on any atom is 0.229 e. The maximum atomic E-state index is 10.1. The molecule has 5 N–H and O–H groups in total. The topological polar surface area (TPSA) is 114 Å². The Balaban J connectivity index is 2.11. The lowest BCUT2D eigenvalue weighted by Gasteiger charge is -2.41. The summed E-state index contributed by atoms with van der Waals surface area (Å²) in [5, 5.41) is 29.2. The number of benzene rings is 1. The van der Waals surface area contributed by atoms with E-state index < -0.39 is 37.3 Å². The molecule has 112 valence electrons. The molecule has 0 unspecified atom stereocenters. The summed E-state index contributed by atoms with van der Waals surface area (Å²) in [5.41, 5.74) is 6.15. The summed E-state index contributed by atoms with van der Waals surface area (Å²) >= 11 is 0. The highest BCUT2D eigenvalue weighted by Crippen LogP contribution is 2.26. The molecule has 7 nitrogen and oxygen atoms in total. The molecule has 0 radical (unpaired) electrons. The minimum absolute atomic E-state index is 0.407. The number of hydrogen-bond acceptors (Lipinski definition) is 7.